The number of para-hydroxylation sites is 1. The summed E-state index contributed by atoms with van der Waals surface area (Å²) in [4.78, 5) is 11.9. The number of ether oxygens (including phenoxy) is 1. The highest BCUT2D eigenvalue weighted by molar-refractivity contribution is 6.35. The van der Waals surface area contributed by atoms with Crippen LogP contribution >= 0.6 is 23.2 Å². The molecule has 0 fully saturated rings. The Morgan fingerprint density at radius 3 is 2.80 bits per heavy atom. The number of aromatic nitrogens is 1. The summed E-state index contributed by atoms with van der Waals surface area (Å²) in [6.45, 7) is 0.460. The molecule has 0 unspecified atom stereocenters. The van der Waals surface area contributed by atoms with E-state index in [9.17, 15) is 4.79 Å². The van der Waals surface area contributed by atoms with Crippen molar-refractivity contribution in [2.24, 2.45) is 7.05 Å². The van der Waals surface area contributed by atoms with E-state index in [2.05, 4.69) is 28.2 Å². The van der Waals surface area contributed by atoms with Crippen LogP contribution in [0.1, 0.15) is 5.56 Å². The lowest BCUT2D eigenvalue weighted by Gasteiger charge is -2.09. The Bertz CT molecular complexity index is 906. The molecule has 0 atom stereocenters. The van der Waals surface area contributed by atoms with E-state index in [1.54, 1.807) is 18.2 Å². The summed E-state index contributed by atoms with van der Waals surface area (Å²) >= 11 is 11.8. The molecule has 25 heavy (non-hydrogen) atoms. The Kier molecular flexibility index (Phi) is 5.51. The Hall–Kier alpha value is -2.17. The molecule has 4 nitrogen and oxygen atoms in total. The van der Waals surface area contributed by atoms with Gasteiger partial charge in [-0.15, -0.1) is 0 Å². The fourth-order valence-electron chi connectivity index (χ4n) is 2.75. The summed E-state index contributed by atoms with van der Waals surface area (Å²) < 4.78 is 7.52. The van der Waals surface area contributed by atoms with Crippen LogP contribution in [-0.2, 0) is 18.3 Å². The van der Waals surface area contributed by atoms with Crippen LogP contribution in [0.4, 0.5) is 0 Å². The van der Waals surface area contributed by atoms with Crippen LogP contribution in [0, 0.1) is 0 Å². The molecule has 0 bridgehead atoms. The fraction of sp³-hybridized carbons (Fsp3) is 0.211. The van der Waals surface area contributed by atoms with E-state index in [1.165, 1.54) is 16.5 Å². The monoisotopic (exact) mass is 376 g/mol. The SMILES string of the molecule is Cn1cc(CCNC(=O)COc2ccc(Cl)cc2Cl)c2ccccc21. The molecule has 1 N–H and O–H groups in total. The number of hydrogen-bond acceptors (Lipinski definition) is 2. The van der Waals surface area contributed by atoms with Gasteiger partial charge < -0.3 is 14.6 Å². The van der Waals surface area contributed by atoms with Crippen LogP contribution in [0.3, 0.4) is 0 Å². The fourth-order valence-corrected chi connectivity index (χ4v) is 3.21. The van der Waals surface area contributed by atoms with Gasteiger partial charge in [0.05, 0.1) is 5.02 Å². The maximum Gasteiger partial charge on any atom is 0.257 e. The first kappa shape index (κ1) is 17.6. The molecule has 0 aliphatic heterocycles. The van der Waals surface area contributed by atoms with Gasteiger partial charge in [-0.1, -0.05) is 41.4 Å². The zero-order valence-electron chi connectivity index (χ0n) is 13.8. The second-order valence-corrected chi connectivity index (χ2v) is 6.59. The average molecular weight is 377 g/mol. The average Bonchev–Trinajstić information content (AvgIpc) is 2.91. The number of fused-ring (bicyclic) bond motifs is 1. The molecular weight excluding hydrogens is 359 g/mol. The topological polar surface area (TPSA) is 43.3 Å². The smallest absolute Gasteiger partial charge is 0.257 e. The van der Waals surface area contributed by atoms with Crippen molar-refractivity contribution in [1.82, 2.24) is 9.88 Å². The number of nitrogens with zero attached hydrogens (tertiary/aromatic N) is 1. The summed E-state index contributed by atoms with van der Waals surface area (Å²) in [6.07, 6.45) is 2.86. The lowest BCUT2D eigenvalue weighted by molar-refractivity contribution is -0.123. The van der Waals surface area contributed by atoms with Gasteiger partial charge in [-0.2, -0.15) is 0 Å². The maximum atomic E-state index is 11.9. The third kappa shape index (κ3) is 4.27. The summed E-state index contributed by atoms with van der Waals surface area (Å²) in [5.74, 6) is 0.251. The van der Waals surface area contributed by atoms with Gasteiger partial charge in [0.15, 0.2) is 6.61 Å². The normalized spacial score (nSPS) is 10.8. The van der Waals surface area contributed by atoms with Gasteiger partial charge in [-0.3, -0.25) is 4.79 Å². The van der Waals surface area contributed by atoms with Gasteiger partial charge in [-0.05, 0) is 36.2 Å². The largest absolute Gasteiger partial charge is 0.482 e. The molecular formula is C19H18Cl2N2O2. The Balaban J connectivity index is 1.51. The first-order valence-corrected chi connectivity index (χ1v) is 8.67. The lowest BCUT2D eigenvalue weighted by atomic mass is 10.1. The van der Waals surface area contributed by atoms with Gasteiger partial charge >= 0.3 is 0 Å². The molecule has 0 aliphatic carbocycles. The first-order valence-electron chi connectivity index (χ1n) is 7.92. The minimum atomic E-state index is -0.189. The second-order valence-electron chi connectivity index (χ2n) is 5.75. The van der Waals surface area contributed by atoms with Gasteiger partial charge in [-0.25, -0.2) is 0 Å². The van der Waals surface area contributed by atoms with Crippen LogP contribution in [0.25, 0.3) is 10.9 Å². The number of amides is 1. The quantitative estimate of drug-likeness (QED) is 0.699. The molecule has 0 radical (unpaired) electrons. The van der Waals surface area contributed by atoms with Crippen molar-refractivity contribution in [3.63, 3.8) is 0 Å². The van der Waals surface area contributed by atoms with Gasteiger partial charge in [0.25, 0.3) is 5.91 Å². The molecule has 1 aromatic heterocycles. The van der Waals surface area contributed by atoms with Crippen molar-refractivity contribution < 1.29 is 9.53 Å². The summed E-state index contributed by atoms with van der Waals surface area (Å²) in [5, 5.41) is 4.99. The molecule has 1 heterocycles. The van der Waals surface area contributed by atoms with Crippen LogP contribution in [0.5, 0.6) is 5.75 Å². The predicted molar refractivity (Wildman–Crippen MR) is 102 cm³/mol. The van der Waals surface area contributed by atoms with E-state index in [0.29, 0.717) is 22.3 Å². The minimum Gasteiger partial charge on any atom is -0.482 e. The number of benzene rings is 2. The summed E-state index contributed by atoms with van der Waals surface area (Å²) in [7, 11) is 2.02. The first-order chi connectivity index (χ1) is 12.0. The molecule has 0 spiro atoms. The predicted octanol–water partition coefficient (Wildman–Crippen LogP) is 4.22. The van der Waals surface area contributed by atoms with Crippen molar-refractivity contribution in [2.75, 3.05) is 13.2 Å². The van der Waals surface area contributed by atoms with E-state index in [1.807, 2.05) is 19.2 Å². The zero-order chi connectivity index (χ0) is 17.8. The standard InChI is InChI=1S/C19H18Cl2N2O2/c1-23-11-13(15-4-2-3-5-17(15)23)8-9-22-19(24)12-25-18-7-6-14(20)10-16(18)21/h2-7,10-11H,8-9,12H2,1H3,(H,22,24). The van der Waals surface area contributed by atoms with Crippen molar-refractivity contribution in [2.45, 2.75) is 6.42 Å². The number of aryl methyl sites for hydroxylation is 1. The highest BCUT2D eigenvalue weighted by atomic mass is 35.5. The molecule has 2 aromatic carbocycles. The maximum absolute atomic E-state index is 11.9. The highest BCUT2D eigenvalue weighted by Gasteiger charge is 2.08. The van der Waals surface area contributed by atoms with E-state index in [4.69, 9.17) is 27.9 Å². The van der Waals surface area contributed by atoms with Gasteiger partial charge in [0, 0.05) is 35.7 Å². The molecule has 130 valence electrons. The Morgan fingerprint density at radius 2 is 2.00 bits per heavy atom. The van der Waals surface area contributed by atoms with E-state index >= 15 is 0 Å². The number of rotatable bonds is 6. The molecule has 3 rings (SSSR count). The Morgan fingerprint density at radius 1 is 1.20 bits per heavy atom. The third-order valence-corrected chi connectivity index (χ3v) is 4.48. The van der Waals surface area contributed by atoms with E-state index in [-0.39, 0.29) is 12.5 Å². The van der Waals surface area contributed by atoms with Crippen molar-refractivity contribution in [1.29, 1.82) is 0 Å². The molecule has 1 amide bonds. The van der Waals surface area contributed by atoms with Gasteiger partial charge in [0.2, 0.25) is 0 Å². The molecule has 3 aromatic rings. The Labute approximate surface area is 156 Å². The van der Waals surface area contributed by atoms with E-state index < -0.39 is 0 Å². The summed E-state index contributed by atoms with van der Waals surface area (Å²) in [6, 6.07) is 13.1. The number of nitrogens with one attached hydrogen (secondary N) is 1. The van der Waals surface area contributed by atoms with Crippen LogP contribution < -0.4 is 10.1 Å². The second kappa shape index (κ2) is 7.81. The number of carbonyl (C=O) groups excluding carboxylic acids is 1. The molecule has 0 aliphatic rings. The number of carbonyl (C=O) groups is 1. The van der Waals surface area contributed by atoms with Gasteiger partial charge in [0.1, 0.15) is 5.75 Å². The molecule has 0 saturated heterocycles. The minimum absolute atomic E-state index is 0.0864. The van der Waals surface area contributed by atoms with Crippen molar-refractivity contribution >= 4 is 40.0 Å². The lowest BCUT2D eigenvalue weighted by Crippen LogP contribution is -2.30. The summed E-state index contributed by atoms with van der Waals surface area (Å²) in [5.41, 5.74) is 2.39. The number of hydrogen-bond donors (Lipinski definition) is 1. The van der Waals surface area contributed by atoms with Crippen LogP contribution in [0.15, 0.2) is 48.7 Å². The molecule has 0 saturated carbocycles. The highest BCUT2D eigenvalue weighted by Crippen LogP contribution is 2.27. The third-order valence-electron chi connectivity index (χ3n) is 3.95. The van der Waals surface area contributed by atoms with Crippen molar-refractivity contribution in [3.05, 3.63) is 64.3 Å². The number of halogens is 2. The van der Waals surface area contributed by atoms with Crippen LogP contribution in [0.2, 0.25) is 10.0 Å². The van der Waals surface area contributed by atoms with E-state index in [0.717, 1.165) is 6.42 Å². The molecule has 6 heteroatoms. The zero-order valence-corrected chi connectivity index (χ0v) is 15.3. The van der Waals surface area contributed by atoms with Crippen molar-refractivity contribution in [3.8, 4) is 5.75 Å². The van der Waals surface area contributed by atoms with Crippen LogP contribution in [-0.4, -0.2) is 23.6 Å².